The Morgan fingerprint density at radius 3 is 1.44 bits per heavy atom. The van der Waals surface area contributed by atoms with E-state index in [1.54, 1.807) is 22.7 Å². The molecule has 0 unspecified atom stereocenters. The quantitative estimate of drug-likeness (QED) is 0.123. The maximum Gasteiger partial charge on any atom is 0.147 e. The molecule has 2 aromatic heterocycles. The Hall–Kier alpha value is -2.70. The van der Waals surface area contributed by atoms with Gasteiger partial charge in [-0.05, 0) is 58.7 Å². The smallest absolute Gasteiger partial charge is 0.143 e. The summed E-state index contributed by atoms with van der Waals surface area (Å²) in [5.41, 5.74) is 2.29. The molecule has 0 aliphatic carbocycles. The number of benzene rings is 3. The van der Waals surface area contributed by atoms with Crippen LogP contribution in [0.2, 0.25) is 0 Å². The van der Waals surface area contributed by atoms with E-state index >= 15 is 0 Å². The molecule has 3 aromatic carbocycles. The zero-order valence-electron chi connectivity index (χ0n) is 21.3. The van der Waals surface area contributed by atoms with Crippen LogP contribution in [0.3, 0.4) is 0 Å². The summed E-state index contributed by atoms with van der Waals surface area (Å²) in [5, 5.41) is 27.2. The van der Waals surface area contributed by atoms with Crippen LogP contribution in [0.1, 0.15) is 75.2 Å². The van der Waals surface area contributed by atoms with Crippen LogP contribution in [-0.2, 0) is 12.8 Å². The number of nitrogens with zero attached hydrogens (tertiary/aromatic N) is 4. The maximum absolute atomic E-state index is 4.50. The van der Waals surface area contributed by atoms with Gasteiger partial charge in [-0.15, -0.1) is 20.4 Å². The second-order valence-electron chi connectivity index (χ2n) is 9.60. The molecule has 0 bridgehead atoms. The predicted octanol–water partition coefficient (Wildman–Crippen LogP) is 9.28. The van der Waals surface area contributed by atoms with Crippen LogP contribution in [0, 0.1) is 0 Å². The highest BCUT2D eigenvalue weighted by molar-refractivity contribution is 7.15. The molecule has 4 nitrogen and oxygen atoms in total. The molecule has 2 heterocycles. The van der Waals surface area contributed by atoms with E-state index in [4.69, 9.17) is 0 Å². The van der Waals surface area contributed by atoms with Gasteiger partial charge in [0.25, 0.3) is 0 Å². The SMILES string of the molecule is CCCCCCc1nnc(-c2ccc3cc4ccc(-c5nnc(CCCCCC)s5)cc4cc3c2)s1. The normalized spacial score (nSPS) is 11.6. The first kappa shape index (κ1) is 25.0. The van der Waals surface area contributed by atoms with Crippen molar-refractivity contribution in [1.29, 1.82) is 0 Å². The second kappa shape index (κ2) is 12.0. The minimum Gasteiger partial charge on any atom is -0.143 e. The van der Waals surface area contributed by atoms with Crippen LogP contribution in [0.15, 0.2) is 48.5 Å². The minimum atomic E-state index is 1.01. The van der Waals surface area contributed by atoms with E-state index in [0.29, 0.717) is 0 Å². The van der Waals surface area contributed by atoms with Gasteiger partial charge in [0.15, 0.2) is 0 Å². The fraction of sp³-hybridized carbons (Fsp3) is 0.400. The van der Waals surface area contributed by atoms with Crippen molar-refractivity contribution in [2.24, 2.45) is 0 Å². The van der Waals surface area contributed by atoms with Gasteiger partial charge in [0, 0.05) is 24.0 Å². The standard InChI is InChI=1S/C30H34N4S2/c1-3-5-7-9-11-27-31-33-29(35-27)23-15-13-21-17-22-14-16-24(19-26(22)20-25(21)18-23)30-34-32-28(36-30)12-10-8-6-4-2/h13-20H,3-12H2,1-2H3. The highest BCUT2D eigenvalue weighted by Gasteiger charge is 2.10. The summed E-state index contributed by atoms with van der Waals surface area (Å²) in [4.78, 5) is 0. The lowest BCUT2D eigenvalue weighted by Gasteiger charge is -2.06. The van der Waals surface area contributed by atoms with Crippen LogP contribution in [0.5, 0.6) is 0 Å². The van der Waals surface area contributed by atoms with Gasteiger partial charge in [0.1, 0.15) is 20.0 Å². The first-order chi connectivity index (χ1) is 17.7. The topological polar surface area (TPSA) is 51.6 Å². The third-order valence-electron chi connectivity index (χ3n) is 6.71. The van der Waals surface area contributed by atoms with Crippen molar-refractivity contribution < 1.29 is 0 Å². The van der Waals surface area contributed by atoms with Crippen LogP contribution >= 0.6 is 22.7 Å². The van der Waals surface area contributed by atoms with Crippen molar-refractivity contribution in [3.8, 4) is 21.1 Å². The second-order valence-corrected chi connectivity index (χ2v) is 11.7. The molecule has 36 heavy (non-hydrogen) atoms. The fourth-order valence-electron chi connectivity index (χ4n) is 4.61. The third kappa shape index (κ3) is 5.98. The van der Waals surface area contributed by atoms with Gasteiger partial charge in [-0.25, -0.2) is 0 Å². The summed E-state index contributed by atoms with van der Waals surface area (Å²) in [6.45, 7) is 4.49. The third-order valence-corrected chi connectivity index (χ3v) is 8.78. The lowest BCUT2D eigenvalue weighted by atomic mass is 10.0. The van der Waals surface area contributed by atoms with E-state index in [2.05, 4.69) is 82.8 Å². The molecular formula is C30H34N4S2. The van der Waals surface area contributed by atoms with Crippen molar-refractivity contribution in [3.05, 3.63) is 58.5 Å². The number of unbranched alkanes of at least 4 members (excludes halogenated alkanes) is 6. The zero-order chi connectivity index (χ0) is 24.7. The van der Waals surface area contributed by atoms with Crippen molar-refractivity contribution in [3.63, 3.8) is 0 Å². The van der Waals surface area contributed by atoms with E-state index < -0.39 is 0 Å². The van der Waals surface area contributed by atoms with E-state index in [1.165, 1.54) is 72.9 Å². The average molecular weight is 515 g/mol. The molecule has 0 N–H and O–H groups in total. The van der Waals surface area contributed by atoms with Crippen LogP contribution in [0.4, 0.5) is 0 Å². The molecule has 0 aliphatic rings. The number of hydrogen-bond donors (Lipinski definition) is 0. The highest BCUT2D eigenvalue weighted by Crippen LogP contribution is 2.32. The number of rotatable bonds is 12. The zero-order valence-corrected chi connectivity index (χ0v) is 22.9. The molecule has 186 valence electrons. The molecule has 0 saturated carbocycles. The molecular weight excluding hydrogens is 480 g/mol. The first-order valence-electron chi connectivity index (χ1n) is 13.4. The summed E-state index contributed by atoms with van der Waals surface area (Å²) in [6, 6.07) is 17.8. The van der Waals surface area contributed by atoms with Crippen LogP contribution in [0.25, 0.3) is 42.7 Å². The Morgan fingerprint density at radius 2 is 0.972 bits per heavy atom. The van der Waals surface area contributed by atoms with E-state index in [-0.39, 0.29) is 0 Å². The number of aromatic nitrogens is 4. The Labute approximate surface area is 221 Å². The monoisotopic (exact) mass is 514 g/mol. The summed E-state index contributed by atoms with van der Waals surface area (Å²) >= 11 is 3.46. The van der Waals surface area contributed by atoms with E-state index in [1.807, 2.05) is 0 Å². The van der Waals surface area contributed by atoms with E-state index in [0.717, 1.165) is 44.0 Å². The Kier molecular flexibility index (Phi) is 8.34. The van der Waals surface area contributed by atoms with Crippen molar-refractivity contribution in [2.45, 2.75) is 78.1 Å². The van der Waals surface area contributed by atoms with Gasteiger partial charge in [-0.3, -0.25) is 0 Å². The average Bonchev–Trinajstić information content (AvgIpc) is 3.57. The number of fused-ring (bicyclic) bond motifs is 2. The molecule has 5 aromatic rings. The van der Waals surface area contributed by atoms with Crippen molar-refractivity contribution in [2.75, 3.05) is 0 Å². The van der Waals surface area contributed by atoms with Gasteiger partial charge in [-0.2, -0.15) is 0 Å². The predicted molar refractivity (Wildman–Crippen MR) is 155 cm³/mol. The molecule has 0 fully saturated rings. The van der Waals surface area contributed by atoms with Gasteiger partial charge >= 0.3 is 0 Å². The number of hydrogen-bond acceptors (Lipinski definition) is 6. The lowest BCUT2D eigenvalue weighted by Crippen LogP contribution is -1.84. The summed E-state index contributed by atoms with van der Waals surface area (Å²) in [7, 11) is 0. The van der Waals surface area contributed by atoms with Gasteiger partial charge in [0.2, 0.25) is 0 Å². The Bertz CT molecular complexity index is 1330. The Balaban J connectivity index is 1.36. The largest absolute Gasteiger partial charge is 0.147 e. The van der Waals surface area contributed by atoms with E-state index in [9.17, 15) is 0 Å². The summed E-state index contributed by atoms with van der Waals surface area (Å²) in [6.07, 6.45) is 12.1. The van der Waals surface area contributed by atoms with Crippen LogP contribution in [-0.4, -0.2) is 20.4 Å². The molecule has 0 spiro atoms. The van der Waals surface area contributed by atoms with Gasteiger partial charge < -0.3 is 0 Å². The first-order valence-corrected chi connectivity index (χ1v) is 15.0. The van der Waals surface area contributed by atoms with Gasteiger partial charge in [0.05, 0.1) is 0 Å². The molecule has 5 rings (SSSR count). The molecule has 0 aliphatic heterocycles. The number of aryl methyl sites for hydroxylation is 2. The lowest BCUT2D eigenvalue weighted by molar-refractivity contribution is 0.663. The highest BCUT2D eigenvalue weighted by atomic mass is 32.1. The van der Waals surface area contributed by atoms with Crippen molar-refractivity contribution in [1.82, 2.24) is 20.4 Å². The molecule has 0 radical (unpaired) electrons. The Morgan fingerprint density at radius 1 is 0.500 bits per heavy atom. The van der Waals surface area contributed by atoms with Gasteiger partial charge in [-0.1, -0.05) is 99.3 Å². The molecule has 0 atom stereocenters. The molecule has 0 saturated heterocycles. The van der Waals surface area contributed by atoms with Crippen molar-refractivity contribution >= 4 is 44.2 Å². The summed E-state index contributed by atoms with van der Waals surface area (Å²) < 4.78 is 0. The fourth-order valence-corrected chi connectivity index (χ4v) is 6.37. The molecule has 6 heteroatoms. The molecule has 0 amide bonds. The maximum atomic E-state index is 4.50. The minimum absolute atomic E-state index is 1.01. The summed E-state index contributed by atoms with van der Waals surface area (Å²) in [5.74, 6) is 0. The van der Waals surface area contributed by atoms with Crippen LogP contribution < -0.4 is 0 Å².